The van der Waals surface area contributed by atoms with Crippen molar-refractivity contribution in [1.29, 1.82) is 0 Å². The van der Waals surface area contributed by atoms with Crippen LogP contribution in [0, 0.1) is 5.92 Å². The van der Waals surface area contributed by atoms with E-state index >= 15 is 0 Å². The number of carbonyl (C=O) groups is 1. The maximum atomic E-state index is 11.1. The van der Waals surface area contributed by atoms with Gasteiger partial charge in [0.2, 0.25) is 5.91 Å². The molecule has 1 heterocycles. The summed E-state index contributed by atoms with van der Waals surface area (Å²) in [4.78, 5) is 11.1. The smallest absolute Gasteiger partial charge is 0.225 e. The Morgan fingerprint density at radius 1 is 1.73 bits per heavy atom. The number of rotatable bonds is 3. The molecule has 0 spiro atoms. The Hall–Kier alpha value is -0.610. The average Bonchev–Trinajstić information content (AvgIpc) is 2.52. The number of aliphatic hydroxyl groups is 1. The summed E-state index contributed by atoms with van der Waals surface area (Å²) in [6, 6.07) is 0. The molecule has 1 rings (SSSR count). The van der Waals surface area contributed by atoms with Crippen molar-refractivity contribution in [3.63, 3.8) is 0 Å². The molecule has 1 saturated heterocycles. The zero-order valence-corrected chi connectivity index (χ0v) is 6.38. The molecule has 0 bridgehead atoms. The van der Waals surface area contributed by atoms with E-state index < -0.39 is 0 Å². The van der Waals surface area contributed by atoms with Crippen LogP contribution in [-0.2, 0) is 9.53 Å². The van der Waals surface area contributed by atoms with Gasteiger partial charge in [-0.2, -0.15) is 0 Å². The van der Waals surface area contributed by atoms with Crippen molar-refractivity contribution in [2.45, 2.75) is 6.42 Å². The molecule has 0 aromatic carbocycles. The highest BCUT2D eigenvalue weighted by atomic mass is 16.5. The fourth-order valence-corrected chi connectivity index (χ4v) is 1.06. The Morgan fingerprint density at radius 3 is 3.09 bits per heavy atom. The third-order valence-corrected chi connectivity index (χ3v) is 1.71. The zero-order valence-electron chi connectivity index (χ0n) is 6.38. The van der Waals surface area contributed by atoms with E-state index in [1.807, 2.05) is 0 Å². The minimum atomic E-state index is -0.00319. The Bertz CT molecular complexity index is 132. The van der Waals surface area contributed by atoms with Gasteiger partial charge < -0.3 is 15.2 Å². The molecule has 0 aromatic rings. The molecule has 1 aliphatic rings. The van der Waals surface area contributed by atoms with Crippen LogP contribution >= 0.6 is 0 Å². The summed E-state index contributed by atoms with van der Waals surface area (Å²) in [6.45, 7) is 1.54. The van der Waals surface area contributed by atoms with E-state index in [9.17, 15) is 4.79 Å². The van der Waals surface area contributed by atoms with Crippen LogP contribution in [0.5, 0.6) is 0 Å². The molecule has 2 N–H and O–H groups in total. The summed E-state index contributed by atoms with van der Waals surface area (Å²) in [5.74, 6) is -0.00176. The summed E-state index contributed by atoms with van der Waals surface area (Å²) in [6.07, 6.45) is 0.803. The Labute approximate surface area is 65.5 Å². The first-order valence-electron chi connectivity index (χ1n) is 3.81. The maximum Gasteiger partial charge on any atom is 0.225 e. The number of amides is 1. The van der Waals surface area contributed by atoms with Gasteiger partial charge in [0.05, 0.1) is 19.1 Å². The number of ether oxygens (including phenoxy) is 1. The van der Waals surface area contributed by atoms with E-state index in [0.717, 1.165) is 6.42 Å². The van der Waals surface area contributed by atoms with Crippen LogP contribution in [-0.4, -0.2) is 37.4 Å². The minimum absolute atomic E-state index is 0.000677. The van der Waals surface area contributed by atoms with Gasteiger partial charge in [-0.1, -0.05) is 0 Å². The van der Waals surface area contributed by atoms with Crippen LogP contribution in [0.1, 0.15) is 6.42 Å². The SMILES string of the molecule is O=C(NCCO)C1CCOC1. The van der Waals surface area contributed by atoms with E-state index in [1.165, 1.54) is 0 Å². The predicted octanol–water partition coefficient (Wildman–Crippen LogP) is -0.869. The first kappa shape index (κ1) is 8.49. The van der Waals surface area contributed by atoms with Crippen LogP contribution in [0.25, 0.3) is 0 Å². The first-order valence-corrected chi connectivity index (χ1v) is 3.81. The molecule has 1 unspecified atom stereocenters. The van der Waals surface area contributed by atoms with Gasteiger partial charge in [-0.25, -0.2) is 0 Å². The molecule has 1 aliphatic heterocycles. The van der Waals surface area contributed by atoms with Crippen molar-refractivity contribution < 1.29 is 14.6 Å². The molecule has 11 heavy (non-hydrogen) atoms. The van der Waals surface area contributed by atoms with Crippen LogP contribution in [0.4, 0.5) is 0 Å². The quantitative estimate of drug-likeness (QED) is 0.563. The predicted molar refractivity (Wildman–Crippen MR) is 39.0 cm³/mol. The van der Waals surface area contributed by atoms with E-state index in [2.05, 4.69) is 5.32 Å². The Morgan fingerprint density at radius 2 is 2.55 bits per heavy atom. The van der Waals surface area contributed by atoms with Crippen LogP contribution in [0.2, 0.25) is 0 Å². The Balaban J connectivity index is 2.17. The monoisotopic (exact) mass is 159 g/mol. The highest BCUT2D eigenvalue weighted by Crippen LogP contribution is 2.11. The lowest BCUT2D eigenvalue weighted by molar-refractivity contribution is -0.125. The van der Waals surface area contributed by atoms with Crippen molar-refractivity contribution >= 4 is 5.91 Å². The lowest BCUT2D eigenvalue weighted by Gasteiger charge is -2.06. The topological polar surface area (TPSA) is 58.6 Å². The van der Waals surface area contributed by atoms with Gasteiger partial charge in [0.25, 0.3) is 0 Å². The van der Waals surface area contributed by atoms with Crippen LogP contribution in [0.3, 0.4) is 0 Å². The van der Waals surface area contributed by atoms with Gasteiger partial charge in [0.15, 0.2) is 0 Å². The molecule has 64 valence electrons. The number of carbonyl (C=O) groups excluding carboxylic acids is 1. The molecule has 0 saturated carbocycles. The summed E-state index contributed by atoms with van der Waals surface area (Å²) in [5.41, 5.74) is 0. The summed E-state index contributed by atoms with van der Waals surface area (Å²) in [5, 5.41) is 11.0. The molecule has 1 atom stereocenters. The highest BCUT2D eigenvalue weighted by molar-refractivity contribution is 5.78. The van der Waals surface area contributed by atoms with E-state index in [-0.39, 0.29) is 18.4 Å². The molecule has 0 aliphatic carbocycles. The summed E-state index contributed by atoms with van der Waals surface area (Å²) < 4.78 is 5.03. The maximum absolute atomic E-state index is 11.1. The van der Waals surface area contributed by atoms with Gasteiger partial charge in [-0.3, -0.25) is 4.79 Å². The van der Waals surface area contributed by atoms with Gasteiger partial charge in [-0.15, -0.1) is 0 Å². The number of hydrogen-bond donors (Lipinski definition) is 2. The second kappa shape index (κ2) is 4.31. The van der Waals surface area contributed by atoms with Crippen molar-refractivity contribution in [3.8, 4) is 0 Å². The number of aliphatic hydroxyl groups excluding tert-OH is 1. The summed E-state index contributed by atoms with van der Waals surface area (Å²) in [7, 11) is 0. The van der Waals surface area contributed by atoms with Gasteiger partial charge in [0, 0.05) is 13.2 Å². The molecule has 0 aromatic heterocycles. The standard InChI is InChI=1S/C7H13NO3/c9-3-2-8-7(10)6-1-4-11-5-6/h6,9H,1-5H2,(H,8,10). The number of nitrogens with one attached hydrogen (secondary N) is 1. The first-order chi connectivity index (χ1) is 5.34. The van der Waals surface area contributed by atoms with Gasteiger partial charge in [-0.05, 0) is 6.42 Å². The third kappa shape index (κ3) is 2.48. The molecule has 0 radical (unpaired) electrons. The fourth-order valence-electron chi connectivity index (χ4n) is 1.06. The molecular formula is C7H13NO3. The molecule has 4 heteroatoms. The minimum Gasteiger partial charge on any atom is -0.395 e. The van der Waals surface area contributed by atoms with E-state index in [4.69, 9.17) is 9.84 Å². The second-order valence-electron chi connectivity index (χ2n) is 2.58. The normalized spacial score (nSPS) is 23.5. The second-order valence-corrected chi connectivity index (χ2v) is 2.58. The van der Waals surface area contributed by atoms with Gasteiger partial charge >= 0.3 is 0 Å². The van der Waals surface area contributed by atoms with Crippen molar-refractivity contribution in [2.24, 2.45) is 5.92 Å². The molecule has 1 fully saturated rings. The van der Waals surface area contributed by atoms with Crippen molar-refractivity contribution in [2.75, 3.05) is 26.4 Å². The van der Waals surface area contributed by atoms with Crippen molar-refractivity contribution in [3.05, 3.63) is 0 Å². The summed E-state index contributed by atoms with van der Waals surface area (Å²) >= 11 is 0. The van der Waals surface area contributed by atoms with E-state index in [0.29, 0.717) is 19.8 Å². The zero-order chi connectivity index (χ0) is 8.10. The molecular weight excluding hydrogens is 146 g/mol. The highest BCUT2D eigenvalue weighted by Gasteiger charge is 2.22. The van der Waals surface area contributed by atoms with Crippen LogP contribution < -0.4 is 5.32 Å². The lowest BCUT2D eigenvalue weighted by Crippen LogP contribution is -2.32. The van der Waals surface area contributed by atoms with Crippen molar-refractivity contribution in [1.82, 2.24) is 5.32 Å². The van der Waals surface area contributed by atoms with Crippen LogP contribution in [0.15, 0.2) is 0 Å². The van der Waals surface area contributed by atoms with E-state index in [1.54, 1.807) is 0 Å². The lowest BCUT2D eigenvalue weighted by atomic mass is 10.1. The third-order valence-electron chi connectivity index (χ3n) is 1.71. The Kier molecular flexibility index (Phi) is 3.32. The molecule has 1 amide bonds. The largest absolute Gasteiger partial charge is 0.395 e. The molecule has 4 nitrogen and oxygen atoms in total. The average molecular weight is 159 g/mol. The van der Waals surface area contributed by atoms with Gasteiger partial charge in [0.1, 0.15) is 0 Å². The fraction of sp³-hybridized carbons (Fsp3) is 0.857. The number of hydrogen-bond acceptors (Lipinski definition) is 3.